The van der Waals surface area contributed by atoms with E-state index < -0.39 is 0 Å². The second kappa shape index (κ2) is 6.01. The fraction of sp³-hybridized carbons (Fsp3) is 0.214. The molecule has 0 fully saturated rings. The molecule has 1 heterocycles. The molecule has 1 N–H and O–H groups in total. The SMILES string of the molecule is COc1ncccc1CNc1ccc([N+](=O)[O-])c(C)c1. The second-order valence-corrected chi connectivity index (χ2v) is 4.28. The Morgan fingerprint density at radius 2 is 2.20 bits per heavy atom. The number of aromatic nitrogens is 1. The predicted octanol–water partition coefficient (Wildman–Crippen LogP) is 2.92. The monoisotopic (exact) mass is 273 g/mol. The van der Waals surface area contributed by atoms with Crippen LogP contribution in [0.15, 0.2) is 36.5 Å². The first-order chi connectivity index (χ1) is 9.61. The van der Waals surface area contributed by atoms with Gasteiger partial charge < -0.3 is 10.1 Å². The number of benzene rings is 1. The van der Waals surface area contributed by atoms with Crippen LogP contribution in [0.3, 0.4) is 0 Å². The van der Waals surface area contributed by atoms with Gasteiger partial charge in [-0.25, -0.2) is 4.98 Å². The number of nitrogens with one attached hydrogen (secondary N) is 1. The van der Waals surface area contributed by atoms with Gasteiger partial charge in [-0.1, -0.05) is 6.07 Å². The highest BCUT2D eigenvalue weighted by molar-refractivity contribution is 5.54. The van der Waals surface area contributed by atoms with E-state index in [9.17, 15) is 10.1 Å². The highest BCUT2D eigenvalue weighted by atomic mass is 16.6. The summed E-state index contributed by atoms with van der Waals surface area (Å²) in [5, 5.41) is 14.0. The van der Waals surface area contributed by atoms with E-state index in [1.54, 1.807) is 32.4 Å². The number of aryl methyl sites for hydroxylation is 1. The molecule has 2 rings (SSSR count). The topological polar surface area (TPSA) is 77.3 Å². The average molecular weight is 273 g/mol. The van der Waals surface area contributed by atoms with E-state index in [1.165, 1.54) is 6.07 Å². The van der Waals surface area contributed by atoms with Crippen LogP contribution < -0.4 is 10.1 Å². The minimum absolute atomic E-state index is 0.120. The summed E-state index contributed by atoms with van der Waals surface area (Å²) < 4.78 is 5.17. The molecule has 0 aliphatic rings. The number of pyridine rings is 1. The van der Waals surface area contributed by atoms with Crippen LogP contribution >= 0.6 is 0 Å². The molecule has 1 aromatic carbocycles. The van der Waals surface area contributed by atoms with Gasteiger partial charge in [0.05, 0.1) is 12.0 Å². The van der Waals surface area contributed by atoms with Crippen LogP contribution in [0.1, 0.15) is 11.1 Å². The van der Waals surface area contributed by atoms with Crippen molar-refractivity contribution >= 4 is 11.4 Å². The Labute approximate surface area is 116 Å². The summed E-state index contributed by atoms with van der Waals surface area (Å²) in [5.74, 6) is 0.568. The third-order valence-electron chi connectivity index (χ3n) is 2.92. The van der Waals surface area contributed by atoms with Gasteiger partial charge in [-0.3, -0.25) is 10.1 Å². The highest BCUT2D eigenvalue weighted by Crippen LogP contribution is 2.22. The predicted molar refractivity (Wildman–Crippen MR) is 75.9 cm³/mol. The fourth-order valence-corrected chi connectivity index (χ4v) is 1.91. The highest BCUT2D eigenvalue weighted by Gasteiger charge is 2.10. The molecule has 0 atom stereocenters. The van der Waals surface area contributed by atoms with E-state index in [0.717, 1.165) is 11.3 Å². The summed E-state index contributed by atoms with van der Waals surface area (Å²) in [6, 6.07) is 8.69. The molecular formula is C14H15N3O3. The molecule has 0 amide bonds. The number of hydrogen-bond acceptors (Lipinski definition) is 5. The lowest BCUT2D eigenvalue weighted by Gasteiger charge is -2.10. The van der Waals surface area contributed by atoms with Crippen LogP contribution in [0, 0.1) is 17.0 Å². The van der Waals surface area contributed by atoms with Crippen molar-refractivity contribution in [1.29, 1.82) is 0 Å². The fourth-order valence-electron chi connectivity index (χ4n) is 1.91. The Morgan fingerprint density at radius 1 is 1.40 bits per heavy atom. The summed E-state index contributed by atoms with van der Waals surface area (Å²) in [6.07, 6.45) is 1.67. The van der Waals surface area contributed by atoms with Crippen molar-refractivity contribution < 1.29 is 9.66 Å². The molecule has 6 nitrogen and oxygen atoms in total. The first kappa shape index (κ1) is 13.8. The molecule has 0 bridgehead atoms. The normalized spacial score (nSPS) is 10.1. The number of anilines is 1. The van der Waals surface area contributed by atoms with Gasteiger partial charge in [0.25, 0.3) is 5.69 Å². The summed E-state index contributed by atoms with van der Waals surface area (Å²) in [4.78, 5) is 14.5. The second-order valence-electron chi connectivity index (χ2n) is 4.28. The lowest BCUT2D eigenvalue weighted by molar-refractivity contribution is -0.385. The van der Waals surface area contributed by atoms with Crippen molar-refractivity contribution in [3.8, 4) is 5.88 Å². The summed E-state index contributed by atoms with van der Waals surface area (Å²) >= 11 is 0. The van der Waals surface area contributed by atoms with E-state index in [2.05, 4.69) is 10.3 Å². The summed E-state index contributed by atoms with van der Waals surface area (Å²) in [6.45, 7) is 2.25. The van der Waals surface area contributed by atoms with E-state index in [0.29, 0.717) is 18.0 Å². The third-order valence-corrected chi connectivity index (χ3v) is 2.92. The van der Waals surface area contributed by atoms with Crippen LogP contribution in [-0.4, -0.2) is 17.0 Å². The molecule has 0 spiro atoms. The standard InChI is InChI=1S/C14H15N3O3/c1-10-8-12(5-6-13(10)17(18)19)16-9-11-4-3-7-15-14(11)20-2/h3-8,16H,9H2,1-2H3. The maximum absolute atomic E-state index is 10.8. The van der Waals surface area contributed by atoms with Crippen LogP contribution in [0.4, 0.5) is 11.4 Å². The van der Waals surface area contributed by atoms with Crippen molar-refractivity contribution in [3.63, 3.8) is 0 Å². The number of nitrogens with zero attached hydrogens (tertiary/aromatic N) is 2. The molecule has 6 heteroatoms. The number of nitro benzene ring substituents is 1. The zero-order valence-electron chi connectivity index (χ0n) is 11.3. The number of hydrogen-bond donors (Lipinski definition) is 1. The minimum Gasteiger partial charge on any atom is -0.481 e. The van der Waals surface area contributed by atoms with Crippen molar-refractivity contribution in [2.24, 2.45) is 0 Å². The molecule has 0 unspecified atom stereocenters. The molecule has 0 aliphatic heterocycles. The molecule has 0 saturated heterocycles. The van der Waals surface area contributed by atoms with Crippen molar-refractivity contribution in [2.45, 2.75) is 13.5 Å². The van der Waals surface area contributed by atoms with Gasteiger partial charge in [-0.2, -0.15) is 0 Å². The lowest BCUT2D eigenvalue weighted by Crippen LogP contribution is -2.03. The Bertz CT molecular complexity index is 629. The van der Waals surface area contributed by atoms with Gasteiger partial charge >= 0.3 is 0 Å². The Hall–Kier alpha value is -2.63. The van der Waals surface area contributed by atoms with Crippen LogP contribution in [0.25, 0.3) is 0 Å². The van der Waals surface area contributed by atoms with E-state index in [1.807, 2.05) is 12.1 Å². The van der Waals surface area contributed by atoms with Gasteiger partial charge in [0.15, 0.2) is 0 Å². The number of methoxy groups -OCH3 is 1. The Kier molecular flexibility index (Phi) is 4.14. The zero-order valence-corrected chi connectivity index (χ0v) is 11.3. The van der Waals surface area contributed by atoms with Gasteiger partial charge in [0, 0.05) is 35.6 Å². The van der Waals surface area contributed by atoms with Crippen molar-refractivity contribution in [1.82, 2.24) is 4.98 Å². The molecule has 0 saturated carbocycles. The number of rotatable bonds is 5. The quantitative estimate of drug-likeness (QED) is 0.669. The van der Waals surface area contributed by atoms with Gasteiger partial charge in [-0.15, -0.1) is 0 Å². The zero-order chi connectivity index (χ0) is 14.5. The maximum Gasteiger partial charge on any atom is 0.272 e. The largest absolute Gasteiger partial charge is 0.481 e. The smallest absolute Gasteiger partial charge is 0.272 e. The van der Waals surface area contributed by atoms with E-state index in [4.69, 9.17) is 4.74 Å². The first-order valence-corrected chi connectivity index (χ1v) is 6.08. The van der Waals surface area contributed by atoms with Crippen LogP contribution in [0.2, 0.25) is 0 Å². The van der Waals surface area contributed by atoms with E-state index in [-0.39, 0.29) is 10.6 Å². The number of ether oxygens (including phenoxy) is 1. The van der Waals surface area contributed by atoms with Crippen LogP contribution in [-0.2, 0) is 6.54 Å². The van der Waals surface area contributed by atoms with Gasteiger partial charge in [-0.05, 0) is 25.1 Å². The summed E-state index contributed by atoms with van der Waals surface area (Å²) in [7, 11) is 1.57. The molecule has 20 heavy (non-hydrogen) atoms. The minimum atomic E-state index is -0.386. The van der Waals surface area contributed by atoms with E-state index >= 15 is 0 Å². The lowest BCUT2D eigenvalue weighted by atomic mass is 10.1. The Balaban J connectivity index is 2.11. The van der Waals surface area contributed by atoms with Crippen LogP contribution in [0.5, 0.6) is 5.88 Å². The molecule has 0 aliphatic carbocycles. The van der Waals surface area contributed by atoms with Crippen molar-refractivity contribution in [3.05, 3.63) is 57.8 Å². The Morgan fingerprint density at radius 3 is 2.85 bits per heavy atom. The van der Waals surface area contributed by atoms with Gasteiger partial charge in [0.2, 0.25) is 5.88 Å². The number of nitro groups is 1. The third kappa shape index (κ3) is 3.03. The molecule has 0 radical (unpaired) electrons. The summed E-state index contributed by atoms with van der Waals surface area (Å²) in [5.41, 5.74) is 2.48. The first-order valence-electron chi connectivity index (χ1n) is 6.08. The molecule has 104 valence electrons. The molecule has 1 aromatic heterocycles. The molecule has 2 aromatic rings. The average Bonchev–Trinajstić information content (AvgIpc) is 2.45. The molecular weight excluding hydrogens is 258 g/mol. The maximum atomic E-state index is 10.8. The van der Waals surface area contributed by atoms with Crippen molar-refractivity contribution in [2.75, 3.05) is 12.4 Å². The van der Waals surface area contributed by atoms with Gasteiger partial charge in [0.1, 0.15) is 0 Å².